The first-order valence-corrected chi connectivity index (χ1v) is 7.42. The Balaban J connectivity index is 1.70. The number of nitrogens with one attached hydrogen (secondary N) is 1. The average Bonchev–Trinajstić information content (AvgIpc) is 2.96. The summed E-state index contributed by atoms with van der Waals surface area (Å²) in [6.07, 6.45) is 6.00. The van der Waals surface area contributed by atoms with Gasteiger partial charge in [0.2, 0.25) is 0 Å². The molecule has 0 amide bonds. The zero-order valence-corrected chi connectivity index (χ0v) is 13.1. The van der Waals surface area contributed by atoms with Gasteiger partial charge in [-0.25, -0.2) is 4.39 Å². The summed E-state index contributed by atoms with van der Waals surface area (Å²) in [7, 11) is 1.90. The molecule has 2 heterocycles. The van der Waals surface area contributed by atoms with Crippen LogP contribution in [0.25, 0.3) is 11.4 Å². The van der Waals surface area contributed by atoms with E-state index in [9.17, 15) is 4.39 Å². The fourth-order valence-corrected chi connectivity index (χ4v) is 2.50. The zero-order valence-electron chi connectivity index (χ0n) is 13.1. The van der Waals surface area contributed by atoms with Gasteiger partial charge in [-0.1, -0.05) is 12.1 Å². The molecule has 0 aliphatic carbocycles. The molecule has 2 aromatic heterocycles. The summed E-state index contributed by atoms with van der Waals surface area (Å²) in [6, 6.07) is 8.77. The SMILES string of the molecule is C[C@@H](Cc1ccc(F)cc1)Nc1cncc(-c2nncn2C)c1. The first-order valence-electron chi connectivity index (χ1n) is 7.42. The lowest BCUT2D eigenvalue weighted by molar-refractivity contribution is 0.626. The van der Waals surface area contributed by atoms with Gasteiger partial charge >= 0.3 is 0 Å². The van der Waals surface area contributed by atoms with Gasteiger partial charge in [-0.2, -0.15) is 0 Å². The molecular formula is C17H18FN5. The van der Waals surface area contributed by atoms with E-state index in [1.54, 1.807) is 18.7 Å². The second-order valence-electron chi connectivity index (χ2n) is 5.60. The van der Waals surface area contributed by atoms with Crippen molar-refractivity contribution in [3.63, 3.8) is 0 Å². The number of anilines is 1. The third kappa shape index (κ3) is 3.71. The molecule has 118 valence electrons. The molecular weight excluding hydrogens is 293 g/mol. The minimum absolute atomic E-state index is 0.192. The molecule has 23 heavy (non-hydrogen) atoms. The van der Waals surface area contributed by atoms with Crippen molar-refractivity contribution < 1.29 is 4.39 Å². The number of hydrogen-bond acceptors (Lipinski definition) is 4. The van der Waals surface area contributed by atoms with E-state index in [-0.39, 0.29) is 11.9 Å². The van der Waals surface area contributed by atoms with Gasteiger partial charge in [-0.05, 0) is 37.1 Å². The molecule has 5 nitrogen and oxygen atoms in total. The average molecular weight is 311 g/mol. The molecule has 1 aromatic carbocycles. The Bertz CT molecular complexity index is 782. The van der Waals surface area contributed by atoms with E-state index in [0.717, 1.165) is 29.1 Å². The van der Waals surface area contributed by atoms with Crippen molar-refractivity contribution in [2.75, 3.05) is 5.32 Å². The summed E-state index contributed by atoms with van der Waals surface area (Å²) in [4.78, 5) is 4.26. The lowest BCUT2D eigenvalue weighted by Crippen LogP contribution is -2.18. The Kier molecular flexibility index (Phi) is 4.32. The van der Waals surface area contributed by atoms with E-state index in [1.807, 2.05) is 29.8 Å². The second kappa shape index (κ2) is 6.56. The Labute approximate surface area is 134 Å². The van der Waals surface area contributed by atoms with E-state index in [0.29, 0.717) is 0 Å². The van der Waals surface area contributed by atoms with E-state index in [1.165, 1.54) is 12.1 Å². The van der Waals surface area contributed by atoms with Crippen LogP contribution in [0.4, 0.5) is 10.1 Å². The molecule has 3 rings (SSSR count). The number of nitrogens with zero attached hydrogens (tertiary/aromatic N) is 4. The Morgan fingerprint density at radius 1 is 1.22 bits per heavy atom. The molecule has 0 radical (unpaired) electrons. The standard InChI is InChI=1S/C17H18FN5/c1-12(7-13-3-5-15(18)6-4-13)21-16-8-14(9-19-10-16)17-22-20-11-23(17)2/h3-6,8-12,21H,7H2,1-2H3/t12-/m0/s1. The van der Waals surface area contributed by atoms with Crippen molar-refractivity contribution in [2.24, 2.45) is 7.05 Å². The van der Waals surface area contributed by atoms with Crippen LogP contribution in [0.15, 0.2) is 49.1 Å². The van der Waals surface area contributed by atoms with Crippen molar-refractivity contribution in [2.45, 2.75) is 19.4 Å². The summed E-state index contributed by atoms with van der Waals surface area (Å²) in [5.74, 6) is 0.558. The van der Waals surface area contributed by atoms with Gasteiger partial charge in [0.25, 0.3) is 0 Å². The second-order valence-corrected chi connectivity index (χ2v) is 5.60. The van der Waals surface area contributed by atoms with Crippen LogP contribution in [0.2, 0.25) is 0 Å². The minimum atomic E-state index is -0.213. The summed E-state index contributed by atoms with van der Waals surface area (Å²) in [6.45, 7) is 2.08. The van der Waals surface area contributed by atoms with Gasteiger partial charge in [-0.15, -0.1) is 10.2 Å². The highest BCUT2D eigenvalue weighted by Gasteiger charge is 2.08. The molecule has 0 unspecified atom stereocenters. The van der Waals surface area contributed by atoms with Crippen LogP contribution in [-0.4, -0.2) is 25.8 Å². The summed E-state index contributed by atoms with van der Waals surface area (Å²) >= 11 is 0. The number of benzene rings is 1. The largest absolute Gasteiger partial charge is 0.381 e. The number of halogens is 1. The number of hydrogen-bond donors (Lipinski definition) is 1. The Morgan fingerprint density at radius 2 is 2.00 bits per heavy atom. The van der Waals surface area contributed by atoms with E-state index < -0.39 is 0 Å². The van der Waals surface area contributed by atoms with Gasteiger partial charge in [0.1, 0.15) is 12.1 Å². The van der Waals surface area contributed by atoms with E-state index in [4.69, 9.17) is 0 Å². The van der Waals surface area contributed by atoms with E-state index >= 15 is 0 Å². The predicted octanol–water partition coefficient (Wildman–Crippen LogP) is 3.06. The summed E-state index contributed by atoms with van der Waals surface area (Å²) < 4.78 is 14.8. The van der Waals surface area contributed by atoms with Crippen LogP contribution < -0.4 is 5.32 Å². The maximum absolute atomic E-state index is 12.9. The molecule has 3 aromatic rings. The lowest BCUT2D eigenvalue weighted by Gasteiger charge is -2.15. The fourth-order valence-electron chi connectivity index (χ4n) is 2.50. The van der Waals surface area contributed by atoms with Crippen molar-refractivity contribution >= 4 is 5.69 Å². The van der Waals surface area contributed by atoms with Crippen LogP contribution in [0, 0.1) is 5.82 Å². The zero-order chi connectivity index (χ0) is 16.2. The maximum atomic E-state index is 12.9. The van der Waals surface area contributed by atoms with Crippen molar-refractivity contribution in [3.8, 4) is 11.4 Å². The molecule has 1 atom stereocenters. The number of aromatic nitrogens is 4. The van der Waals surface area contributed by atoms with Crippen LogP contribution in [-0.2, 0) is 13.5 Å². The first kappa shape index (κ1) is 15.1. The molecule has 0 aliphatic rings. The summed E-state index contributed by atoms with van der Waals surface area (Å²) in [5, 5.41) is 11.4. The fraction of sp³-hybridized carbons (Fsp3) is 0.235. The highest BCUT2D eigenvalue weighted by Crippen LogP contribution is 2.19. The highest BCUT2D eigenvalue weighted by molar-refractivity contribution is 5.60. The van der Waals surface area contributed by atoms with Crippen LogP contribution in [0.3, 0.4) is 0 Å². The van der Waals surface area contributed by atoms with Crippen molar-refractivity contribution in [1.82, 2.24) is 19.7 Å². The normalized spacial score (nSPS) is 12.1. The van der Waals surface area contributed by atoms with Crippen molar-refractivity contribution in [1.29, 1.82) is 0 Å². The third-order valence-corrected chi connectivity index (χ3v) is 3.58. The molecule has 0 fully saturated rings. The van der Waals surface area contributed by atoms with Gasteiger partial charge < -0.3 is 9.88 Å². The van der Waals surface area contributed by atoms with Crippen LogP contribution in [0.1, 0.15) is 12.5 Å². The Hall–Kier alpha value is -2.76. The topological polar surface area (TPSA) is 55.6 Å². The van der Waals surface area contributed by atoms with Crippen molar-refractivity contribution in [3.05, 3.63) is 60.4 Å². The van der Waals surface area contributed by atoms with Gasteiger partial charge in [0.15, 0.2) is 5.82 Å². The number of pyridine rings is 1. The maximum Gasteiger partial charge on any atom is 0.165 e. The minimum Gasteiger partial charge on any atom is -0.381 e. The smallest absolute Gasteiger partial charge is 0.165 e. The summed E-state index contributed by atoms with van der Waals surface area (Å²) in [5.41, 5.74) is 2.91. The quantitative estimate of drug-likeness (QED) is 0.787. The monoisotopic (exact) mass is 311 g/mol. The molecule has 0 aliphatic heterocycles. The molecule has 0 spiro atoms. The van der Waals surface area contributed by atoms with E-state index in [2.05, 4.69) is 27.4 Å². The van der Waals surface area contributed by atoms with Crippen LogP contribution in [0.5, 0.6) is 0 Å². The van der Waals surface area contributed by atoms with Crippen LogP contribution >= 0.6 is 0 Å². The van der Waals surface area contributed by atoms with Gasteiger partial charge in [0.05, 0.1) is 5.69 Å². The number of rotatable bonds is 5. The molecule has 6 heteroatoms. The molecule has 0 bridgehead atoms. The third-order valence-electron chi connectivity index (χ3n) is 3.58. The molecule has 0 saturated carbocycles. The number of aryl methyl sites for hydroxylation is 1. The Morgan fingerprint density at radius 3 is 2.70 bits per heavy atom. The first-order chi connectivity index (χ1) is 11.1. The molecule has 1 N–H and O–H groups in total. The molecule has 0 saturated heterocycles. The van der Waals surface area contributed by atoms with Gasteiger partial charge in [-0.3, -0.25) is 4.98 Å². The predicted molar refractivity (Wildman–Crippen MR) is 87.4 cm³/mol. The van der Waals surface area contributed by atoms with Gasteiger partial charge in [0, 0.05) is 31.0 Å². The highest BCUT2D eigenvalue weighted by atomic mass is 19.1. The lowest BCUT2D eigenvalue weighted by atomic mass is 10.1.